The van der Waals surface area contributed by atoms with Crippen LogP contribution in [0.3, 0.4) is 0 Å². The highest BCUT2D eigenvalue weighted by Crippen LogP contribution is 2.23. The predicted octanol–water partition coefficient (Wildman–Crippen LogP) is 4.55. The number of ketones is 1. The van der Waals surface area contributed by atoms with Gasteiger partial charge in [-0.1, -0.05) is 28.1 Å². The van der Waals surface area contributed by atoms with Crippen molar-refractivity contribution >= 4 is 33.0 Å². The number of halogens is 1. The van der Waals surface area contributed by atoms with Crippen molar-refractivity contribution in [2.45, 2.75) is 20.3 Å². The van der Waals surface area contributed by atoms with E-state index in [1.807, 2.05) is 38.1 Å². The van der Waals surface area contributed by atoms with E-state index in [-0.39, 0.29) is 5.78 Å². The normalized spacial score (nSPS) is 10.5. The fraction of sp³-hybridized carbons (Fsp3) is 0.214. The lowest BCUT2D eigenvalue weighted by Gasteiger charge is -2.01. The number of Topliss-reactive ketones (excluding diaryl/α,β-unsaturated/α-hetero) is 1. The van der Waals surface area contributed by atoms with E-state index in [0.29, 0.717) is 6.42 Å². The predicted molar refractivity (Wildman–Crippen MR) is 76.0 cm³/mol. The monoisotopic (exact) mass is 308 g/mol. The Morgan fingerprint density at radius 2 is 1.88 bits per heavy atom. The Morgan fingerprint density at radius 1 is 1.24 bits per heavy atom. The van der Waals surface area contributed by atoms with Crippen molar-refractivity contribution in [3.8, 4) is 0 Å². The summed E-state index contributed by atoms with van der Waals surface area (Å²) in [4.78, 5) is 14.2. The van der Waals surface area contributed by atoms with Crippen LogP contribution in [-0.2, 0) is 6.42 Å². The molecule has 0 bridgehead atoms. The SMILES string of the molecule is Cc1cc(C)c(C(=O)Cc2ccc(Br)cc2)s1. The van der Waals surface area contributed by atoms with Crippen molar-refractivity contribution < 1.29 is 4.79 Å². The van der Waals surface area contributed by atoms with Gasteiger partial charge in [-0.05, 0) is 43.2 Å². The van der Waals surface area contributed by atoms with E-state index in [1.165, 1.54) is 4.88 Å². The molecule has 0 N–H and O–H groups in total. The lowest BCUT2D eigenvalue weighted by molar-refractivity contribution is 0.0996. The van der Waals surface area contributed by atoms with Crippen LogP contribution in [0.25, 0.3) is 0 Å². The molecular formula is C14H13BrOS. The Hall–Kier alpha value is -0.930. The fourth-order valence-corrected chi connectivity index (χ4v) is 3.01. The van der Waals surface area contributed by atoms with Crippen LogP contribution in [-0.4, -0.2) is 5.78 Å². The largest absolute Gasteiger partial charge is 0.293 e. The van der Waals surface area contributed by atoms with E-state index < -0.39 is 0 Å². The van der Waals surface area contributed by atoms with Crippen molar-refractivity contribution in [1.29, 1.82) is 0 Å². The van der Waals surface area contributed by atoms with Crippen LogP contribution < -0.4 is 0 Å². The molecule has 0 aliphatic carbocycles. The van der Waals surface area contributed by atoms with E-state index >= 15 is 0 Å². The van der Waals surface area contributed by atoms with E-state index in [0.717, 1.165) is 20.5 Å². The Morgan fingerprint density at radius 3 is 2.41 bits per heavy atom. The summed E-state index contributed by atoms with van der Waals surface area (Å²) in [6.07, 6.45) is 0.480. The zero-order valence-electron chi connectivity index (χ0n) is 9.79. The Balaban J connectivity index is 2.17. The van der Waals surface area contributed by atoms with Crippen molar-refractivity contribution in [1.82, 2.24) is 0 Å². The molecule has 0 fully saturated rings. The molecule has 1 heterocycles. The molecule has 3 heteroatoms. The molecule has 2 rings (SSSR count). The van der Waals surface area contributed by atoms with Crippen LogP contribution in [0.15, 0.2) is 34.8 Å². The summed E-state index contributed by atoms with van der Waals surface area (Å²) in [7, 11) is 0. The number of rotatable bonds is 3. The smallest absolute Gasteiger partial charge is 0.177 e. The molecule has 0 amide bonds. The van der Waals surface area contributed by atoms with Gasteiger partial charge >= 0.3 is 0 Å². The van der Waals surface area contributed by atoms with E-state index in [1.54, 1.807) is 11.3 Å². The maximum Gasteiger partial charge on any atom is 0.177 e. The zero-order valence-corrected chi connectivity index (χ0v) is 12.2. The minimum absolute atomic E-state index is 0.211. The van der Waals surface area contributed by atoms with Crippen LogP contribution >= 0.6 is 27.3 Å². The number of hydrogen-bond donors (Lipinski definition) is 0. The number of hydrogen-bond acceptors (Lipinski definition) is 2. The molecule has 88 valence electrons. The summed E-state index contributed by atoms with van der Waals surface area (Å²) in [5.74, 6) is 0.211. The summed E-state index contributed by atoms with van der Waals surface area (Å²) in [5, 5.41) is 0. The molecule has 0 atom stereocenters. The lowest BCUT2D eigenvalue weighted by Crippen LogP contribution is -2.02. The van der Waals surface area contributed by atoms with Gasteiger partial charge in [-0.15, -0.1) is 11.3 Å². The van der Waals surface area contributed by atoms with Crippen molar-refractivity contribution in [2.24, 2.45) is 0 Å². The highest BCUT2D eigenvalue weighted by Gasteiger charge is 2.12. The summed E-state index contributed by atoms with van der Waals surface area (Å²) in [6.45, 7) is 4.03. The van der Waals surface area contributed by atoms with Crippen molar-refractivity contribution in [3.63, 3.8) is 0 Å². The first-order valence-electron chi connectivity index (χ1n) is 5.41. The second-order valence-electron chi connectivity index (χ2n) is 4.10. The third-order valence-corrected chi connectivity index (χ3v) is 4.29. The standard InChI is InChI=1S/C14H13BrOS/c1-9-7-10(2)17-14(9)13(16)8-11-3-5-12(15)6-4-11/h3-7H,8H2,1-2H3. The van der Waals surface area contributed by atoms with Crippen LogP contribution in [0.1, 0.15) is 25.7 Å². The molecule has 1 nitrogen and oxygen atoms in total. The fourth-order valence-electron chi connectivity index (χ4n) is 1.79. The maximum atomic E-state index is 12.1. The van der Waals surface area contributed by atoms with Gasteiger partial charge in [-0.3, -0.25) is 4.79 Å². The molecule has 1 aromatic heterocycles. The summed E-state index contributed by atoms with van der Waals surface area (Å²) < 4.78 is 1.04. The lowest BCUT2D eigenvalue weighted by atomic mass is 10.1. The molecule has 0 aliphatic rings. The summed E-state index contributed by atoms with van der Waals surface area (Å²) >= 11 is 4.97. The minimum Gasteiger partial charge on any atom is -0.293 e. The molecule has 0 radical (unpaired) electrons. The van der Waals surface area contributed by atoms with Gasteiger partial charge in [0.1, 0.15) is 0 Å². The van der Waals surface area contributed by atoms with Gasteiger partial charge in [0, 0.05) is 15.8 Å². The van der Waals surface area contributed by atoms with Gasteiger partial charge in [0.05, 0.1) is 4.88 Å². The average molecular weight is 309 g/mol. The van der Waals surface area contributed by atoms with Gasteiger partial charge in [-0.25, -0.2) is 0 Å². The third-order valence-electron chi connectivity index (χ3n) is 2.57. The van der Waals surface area contributed by atoms with Crippen LogP contribution in [0.2, 0.25) is 0 Å². The molecule has 2 aromatic rings. The van der Waals surface area contributed by atoms with Crippen LogP contribution in [0, 0.1) is 13.8 Å². The van der Waals surface area contributed by atoms with Gasteiger partial charge in [0.15, 0.2) is 5.78 Å². The molecule has 0 aliphatic heterocycles. The molecule has 0 saturated heterocycles. The van der Waals surface area contributed by atoms with E-state index in [2.05, 4.69) is 22.0 Å². The zero-order chi connectivity index (χ0) is 12.4. The Bertz CT molecular complexity index is 540. The average Bonchev–Trinajstić information content (AvgIpc) is 2.61. The maximum absolute atomic E-state index is 12.1. The second-order valence-corrected chi connectivity index (χ2v) is 6.27. The quantitative estimate of drug-likeness (QED) is 0.760. The molecule has 17 heavy (non-hydrogen) atoms. The Kier molecular flexibility index (Phi) is 3.79. The van der Waals surface area contributed by atoms with Gasteiger partial charge < -0.3 is 0 Å². The summed E-state index contributed by atoms with van der Waals surface area (Å²) in [6, 6.07) is 9.97. The molecule has 1 aromatic carbocycles. The van der Waals surface area contributed by atoms with Gasteiger partial charge in [0.25, 0.3) is 0 Å². The number of carbonyl (C=O) groups is 1. The van der Waals surface area contributed by atoms with Crippen molar-refractivity contribution in [3.05, 3.63) is 55.7 Å². The van der Waals surface area contributed by atoms with Gasteiger partial charge in [-0.2, -0.15) is 0 Å². The highest BCUT2D eigenvalue weighted by atomic mass is 79.9. The Labute approximate surface area is 114 Å². The number of thiophene rings is 1. The van der Waals surface area contributed by atoms with Crippen LogP contribution in [0.4, 0.5) is 0 Å². The molecule has 0 unspecified atom stereocenters. The molecular weight excluding hydrogens is 296 g/mol. The van der Waals surface area contributed by atoms with Crippen LogP contribution in [0.5, 0.6) is 0 Å². The van der Waals surface area contributed by atoms with Gasteiger partial charge in [0.2, 0.25) is 0 Å². The van der Waals surface area contributed by atoms with Crippen molar-refractivity contribution in [2.75, 3.05) is 0 Å². The highest BCUT2D eigenvalue weighted by molar-refractivity contribution is 9.10. The first kappa shape index (κ1) is 12.5. The first-order valence-corrected chi connectivity index (χ1v) is 7.02. The van der Waals surface area contributed by atoms with E-state index in [9.17, 15) is 4.79 Å². The topological polar surface area (TPSA) is 17.1 Å². The number of carbonyl (C=O) groups excluding carboxylic acids is 1. The molecule has 0 spiro atoms. The molecule has 0 saturated carbocycles. The first-order chi connectivity index (χ1) is 8.06. The minimum atomic E-state index is 0.211. The van der Waals surface area contributed by atoms with E-state index in [4.69, 9.17) is 0 Å². The third kappa shape index (κ3) is 3.05. The summed E-state index contributed by atoms with van der Waals surface area (Å²) in [5.41, 5.74) is 2.15. The number of benzene rings is 1. The number of aryl methyl sites for hydroxylation is 2. The second kappa shape index (κ2) is 5.15.